The smallest absolute Gasteiger partial charge is 0.234 e. The summed E-state index contributed by atoms with van der Waals surface area (Å²) in [6.45, 7) is 8.75. The van der Waals surface area contributed by atoms with Crippen LogP contribution in [0.25, 0.3) is 0 Å². The molecule has 8 heteroatoms. The number of fused-ring (bicyclic) bond motifs is 1. The van der Waals surface area contributed by atoms with E-state index >= 15 is 0 Å². The number of hydrogen-bond donors (Lipinski definition) is 4. The number of hydrogen-bond acceptors (Lipinski definition) is 6. The number of rotatable bonds is 6. The highest BCUT2D eigenvalue weighted by Crippen LogP contribution is 2.40. The van der Waals surface area contributed by atoms with Crippen LogP contribution in [0.2, 0.25) is 0 Å². The van der Waals surface area contributed by atoms with Gasteiger partial charge >= 0.3 is 0 Å². The van der Waals surface area contributed by atoms with E-state index in [-0.39, 0.29) is 5.91 Å². The Morgan fingerprint density at radius 2 is 1.97 bits per heavy atom. The number of benzene rings is 2. The number of aromatic nitrogens is 2. The minimum absolute atomic E-state index is 0.0243. The van der Waals surface area contributed by atoms with Gasteiger partial charge in [0.15, 0.2) is 0 Å². The van der Waals surface area contributed by atoms with Crippen LogP contribution in [0.15, 0.2) is 47.1 Å². The summed E-state index contributed by atoms with van der Waals surface area (Å²) in [6, 6.07) is 12.6. The van der Waals surface area contributed by atoms with Crippen LogP contribution in [0, 0.1) is 6.92 Å². The van der Waals surface area contributed by atoms with Crippen molar-refractivity contribution < 1.29 is 4.79 Å². The van der Waals surface area contributed by atoms with Crippen LogP contribution >= 0.6 is 15.9 Å². The molecule has 0 unspecified atom stereocenters. The molecule has 0 spiro atoms. The molecular weight excluding hydrogens is 504 g/mol. The van der Waals surface area contributed by atoms with Crippen LogP contribution in [0.4, 0.5) is 23.1 Å². The lowest BCUT2D eigenvalue weighted by molar-refractivity contribution is -0.119. The molecule has 2 aliphatic rings. The fourth-order valence-electron chi connectivity index (χ4n) is 5.07. The Bertz CT molecular complexity index is 1270. The average molecular weight is 535 g/mol. The number of nitrogens with zero attached hydrogens (tertiary/aromatic N) is 2. The second kappa shape index (κ2) is 9.59. The zero-order valence-electron chi connectivity index (χ0n) is 20.3. The van der Waals surface area contributed by atoms with Crippen LogP contribution in [0.1, 0.15) is 54.9 Å². The summed E-state index contributed by atoms with van der Waals surface area (Å²) in [6.07, 6.45) is 4.12. The molecule has 3 heterocycles. The molecule has 182 valence electrons. The van der Waals surface area contributed by atoms with Crippen molar-refractivity contribution in [2.24, 2.45) is 0 Å². The summed E-state index contributed by atoms with van der Waals surface area (Å²) >= 11 is 3.57. The second-order valence-electron chi connectivity index (χ2n) is 9.89. The number of aryl methyl sites for hydroxylation is 1. The number of piperidine rings is 1. The van der Waals surface area contributed by atoms with Gasteiger partial charge in [-0.05, 0) is 103 Å². The van der Waals surface area contributed by atoms with E-state index in [1.54, 1.807) is 6.20 Å². The van der Waals surface area contributed by atoms with Gasteiger partial charge in [-0.15, -0.1) is 0 Å². The van der Waals surface area contributed by atoms with E-state index in [0.29, 0.717) is 24.2 Å². The predicted molar refractivity (Wildman–Crippen MR) is 144 cm³/mol. The van der Waals surface area contributed by atoms with Gasteiger partial charge in [0.2, 0.25) is 11.9 Å². The molecular formula is C27H31BrN6O. The fourth-order valence-corrected chi connectivity index (χ4v) is 5.40. The lowest BCUT2D eigenvalue weighted by atomic mass is 9.83. The monoisotopic (exact) mass is 534 g/mol. The largest absolute Gasteiger partial charge is 0.365 e. The highest BCUT2D eigenvalue weighted by atomic mass is 79.9. The molecule has 1 aromatic heterocycles. The highest BCUT2D eigenvalue weighted by molar-refractivity contribution is 9.10. The topological polar surface area (TPSA) is 91.0 Å². The fraction of sp³-hybridized carbons (Fsp3) is 0.370. The zero-order chi connectivity index (χ0) is 24.6. The van der Waals surface area contributed by atoms with Gasteiger partial charge in [-0.2, -0.15) is 4.98 Å². The van der Waals surface area contributed by atoms with Crippen molar-refractivity contribution >= 4 is 45.0 Å². The third-order valence-corrected chi connectivity index (χ3v) is 7.67. The molecule has 0 bridgehead atoms. The third-order valence-electron chi connectivity index (χ3n) is 7.09. The van der Waals surface area contributed by atoms with Gasteiger partial charge in [-0.25, -0.2) is 4.98 Å². The van der Waals surface area contributed by atoms with Crippen LogP contribution < -0.4 is 21.3 Å². The summed E-state index contributed by atoms with van der Waals surface area (Å²) in [5.41, 5.74) is 6.00. The molecule has 0 radical (unpaired) electrons. The van der Waals surface area contributed by atoms with Crippen molar-refractivity contribution in [3.8, 4) is 0 Å². The third kappa shape index (κ3) is 4.77. The Balaban J connectivity index is 1.32. The second-order valence-corrected chi connectivity index (χ2v) is 10.7. The number of carbonyl (C=O) groups is 1. The van der Waals surface area contributed by atoms with E-state index in [1.807, 2.05) is 26.0 Å². The van der Waals surface area contributed by atoms with Gasteiger partial charge in [0.1, 0.15) is 5.82 Å². The first-order chi connectivity index (χ1) is 16.8. The van der Waals surface area contributed by atoms with Crippen molar-refractivity contribution in [3.05, 3.63) is 69.3 Å². The lowest BCUT2D eigenvalue weighted by Crippen LogP contribution is -2.28. The van der Waals surface area contributed by atoms with E-state index in [4.69, 9.17) is 4.98 Å². The molecule has 2 aromatic carbocycles. The molecule has 1 fully saturated rings. The van der Waals surface area contributed by atoms with Crippen molar-refractivity contribution in [1.82, 2.24) is 15.3 Å². The predicted octanol–water partition coefficient (Wildman–Crippen LogP) is 5.60. The maximum Gasteiger partial charge on any atom is 0.234 e. The molecule has 1 saturated heterocycles. The van der Waals surface area contributed by atoms with Gasteiger partial charge in [0, 0.05) is 24.1 Å². The molecule has 4 N–H and O–H groups in total. The average Bonchev–Trinajstić information content (AvgIpc) is 3.09. The Labute approximate surface area is 214 Å². The summed E-state index contributed by atoms with van der Waals surface area (Å²) in [7, 11) is 0. The normalized spacial score (nSPS) is 17.1. The Morgan fingerprint density at radius 3 is 2.74 bits per heavy atom. The number of halogens is 1. The molecule has 5 rings (SSSR count). The van der Waals surface area contributed by atoms with Crippen LogP contribution in [0.5, 0.6) is 0 Å². The number of carbonyl (C=O) groups excluding carboxylic acids is 1. The van der Waals surface area contributed by atoms with Gasteiger partial charge < -0.3 is 21.3 Å². The first-order valence-electron chi connectivity index (χ1n) is 12.1. The van der Waals surface area contributed by atoms with E-state index in [2.05, 4.69) is 73.4 Å². The summed E-state index contributed by atoms with van der Waals surface area (Å²) in [4.78, 5) is 21.6. The molecule has 2 aliphatic heterocycles. The summed E-state index contributed by atoms with van der Waals surface area (Å²) in [5.74, 6) is 1.87. The first kappa shape index (κ1) is 23.8. The standard InChI is InChI=1S/C27H31BrN6O/c1-16-13-18(17-9-11-29-12-10-17)7-8-21(16)33-26-31-15-20(28)24(34-26)30-14-19-5-4-6-22-23(19)27(2,3)25(35)32-22/h4-8,13,15,17,29H,9-12,14H2,1-3H3,(H,32,35)(H2,30,31,33,34). The Kier molecular flexibility index (Phi) is 6.51. The van der Waals surface area contributed by atoms with Gasteiger partial charge in [0.05, 0.1) is 9.89 Å². The van der Waals surface area contributed by atoms with Crippen molar-refractivity contribution in [2.45, 2.75) is 51.5 Å². The molecule has 0 atom stereocenters. The first-order valence-corrected chi connectivity index (χ1v) is 12.9. The molecule has 7 nitrogen and oxygen atoms in total. The maximum absolute atomic E-state index is 12.4. The van der Waals surface area contributed by atoms with Crippen molar-refractivity contribution in [1.29, 1.82) is 0 Å². The van der Waals surface area contributed by atoms with Crippen LogP contribution in [-0.4, -0.2) is 29.0 Å². The number of nitrogens with one attached hydrogen (secondary N) is 4. The minimum Gasteiger partial charge on any atom is -0.365 e. The van der Waals surface area contributed by atoms with Crippen LogP contribution in [0.3, 0.4) is 0 Å². The molecule has 3 aromatic rings. The molecule has 0 saturated carbocycles. The minimum atomic E-state index is -0.568. The SMILES string of the molecule is Cc1cc(C2CCNCC2)ccc1Nc1ncc(Br)c(NCc2cccc3c2C(C)(C)C(=O)N3)n1. The lowest BCUT2D eigenvalue weighted by Gasteiger charge is -2.23. The summed E-state index contributed by atoms with van der Waals surface area (Å²) in [5, 5.41) is 13.2. The number of amides is 1. The van der Waals surface area contributed by atoms with Gasteiger partial charge in [0.25, 0.3) is 0 Å². The zero-order valence-corrected chi connectivity index (χ0v) is 21.9. The van der Waals surface area contributed by atoms with Gasteiger partial charge in [-0.1, -0.05) is 24.3 Å². The highest BCUT2D eigenvalue weighted by Gasteiger charge is 2.39. The van der Waals surface area contributed by atoms with Crippen LogP contribution in [-0.2, 0) is 16.8 Å². The molecule has 0 aliphatic carbocycles. The summed E-state index contributed by atoms with van der Waals surface area (Å²) < 4.78 is 0.780. The Hall–Kier alpha value is -2.97. The number of anilines is 4. The molecule has 1 amide bonds. The van der Waals surface area contributed by atoms with Crippen molar-refractivity contribution in [3.63, 3.8) is 0 Å². The Morgan fingerprint density at radius 1 is 1.17 bits per heavy atom. The molecule has 35 heavy (non-hydrogen) atoms. The van der Waals surface area contributed by atoms with E-state index < -0.39 is 5.41 Å². The van der Waals surface area contributed by atoms with E-state index in [9.17, 15) is 4.79 Å². The maximum atomic E-state index is 12.4. The van der Waals surface area contributed by atoms with E-state index in [1.165, 1.54) is 24.0 Å². The quantitative estimate of drug-likeness (QED) is 0.329. The van der Waals surface area contributed by atoms with Crippen molar-refractivity contribution in [2.75, 3.05) is 29.0 Å². The van der Waals surface area contributed by atoms with Gasteiger partial charge in [-0.3, -0.25) is 4.79 Å². The van der Waals surface area contributed by atoms with E-state index in [0.717, 1.165) is 40.1 Å².